The Morgan fingerprint density at radius 3 is 2.26 bits per heavy atom. The number of aryl methyl sites for hydroxylation is 2. The fourth-order valence-electron chi connectivity index (χ4n) is 12.4. The quantitative estimate of drug-likeness (QED) is 0.0412. The molecule has 0 radical (unpaired) electrons. The predicted molar refractivity (Wildman–Crippen MR) is 325 cm³/mol. The molecule has 9 rings (SSSR count). The molecule has 5 aliphatic heterocycles. The highest BCUT2D eigenvalue weighted by atomic mass is 32.2. The van der Waals surface area contributed by atoms with Gasteiger partial charge in [-0.1, -0.05) is 29.8 Å². The molecule has 0 spiro atoms. The third-order valence-electron chi connectivity index (χ3n) is 17.3. The number of nitrogens with one attached hydrogen (secondary N) is 1. The van der Waals surface area contributed by atoms with Crippen molar-refractivity contribution in [1.82, 2.24) is 34.8 Å². The van der Waals surface area contributed by atoms with Crippen molar-refractivity contribution in [3.05, 3.63) is 88.5 Å². The molecule has 3 N–H and O–H groups in total. The molecule has 2 bridgehead atoms. The summed E-state index contributed by atoms with van der Waals surface area (Å²) in [6.45, 7) is 11.4. The van der Waals surface area contributed by atoms with Gasteiger partial charge in [0.25, 0.3) is 5.91 Å². The van der Waals surface area contributed by atoms with E-state index < -0.39 is 17.8 Å². The third-order valence-corrected chi connectivity index (χ3v) is 18.4. The molecule has 4 aromatic rings. The van der Waals surface area contributed by atoms with E-state index in [-0.39, 0.29) is 79.2 Å². The molecule has 7 heterocycles. The number of nitrogen functional groups attached to an aromatic ring is 1. The van der Waals surface area contributed by atoms with E-state index in [1.807, 2.05) is 49.1 Å². The minimum atomic E-state index is -0.458. The van der Waals surface area contributed by atoms with Crippen LogP contribution < -0.4 is 20.7 Å². The Bertz CT molecular complexity index is 2990. The second-order valence-corrected chi connectivity index (χ2v) is 24.0. The van der Waals surface area contributed by atoms with Gasteiger partial charge < -0.3 is 54.3 Å². The molecular formula is C63H85FN10O10S. The summed E-state index contributed by atoms with van der Waals surface area (Å²) < 4.78 is 45.5. The van der Waals surface area contributed by atoms with Gasteiger partial charge in [0.05, 0.1) is 107 Å². The summed E-state index contributed by atoms with van der Waals surface area (Å²) in [5.41, 5.74) is 12.0. The number of nitrogens with two attached hydrogens (primary N) is 1. The number of likely N-dealkylation sites (tertiary alicyclic amines) is 2. The summed E-state index contributed by atoms with van der Waals surface area (Å²) in [5.74, 6) is 0.560. The molecule has 20 nitrogen and oxygen atoms in total. The Kier molecular flexibility index (Phi) is 22.7. The summed E-state index contributed by atoms with van der Waals surface area (Å²) in [4.78, 5) is 85.8. The number of carbonyl (C=O) groups excluding carboxylic acids is 5. The first kappa shape index (κ1) is 63.4. The molecule has 460 valence electrons. The van der Waals surface area contributed by atoms with E-state index in [2.05, 4.69) is 20.1 Å². The maximum Gasteiger partial charge on any atom is 0.254 e. The Balaban J connectivity index is 0.634. The number of likely N-dealkylation sites (N-methyl/N-ethyl adjacent to an activating group) is 1. The van der Waals surface area contributed by atoms with Crippen LogP contribution in [-0.4, -0.2) is 194 Å². The number of pyridine rings is 1. The molecular weight excluding hydrogens is 1110 g/mol. The van der Waals surface area contributed by atoms with Crippen molar-refractivity contribution in [2.45, 2.75) is 115 Å². The van der Waals surface area contributed by atoms with Gasteiger partial charge in [-0.15, -0.1) is 11.8 Å². The molecule has 0 saturated carbocycles. The summed E-state index contributed by atoms with van der Waals surface area (Å²) in [5, 5.41) is 8.85. The Morgan fingerprint density at radius 2 is 1.54 bits per heavy atom. The lowest BCUT2D eigenvalue weighted by Crippen LogP contribution is -2.48. The van der Waals surface area contributed by atoms with Crippen LogP contribution in [0.4, 0.5) is 15.9 Å². The number of Topliss-reactive ketones (excluding diaryl/α,β-unsaturated/α-hetero) is 3. The number of hydrogen-bond donors (Lipinski definition) is 2. The Hall–Kier alpha value is -6.14. The first-order valence-corrected chi connectivity index (χ1v) is 31.3. The molecule has 2 amide bonds. The predicted octanol–water partition coefficient (Wildman–Crippen LogP) is 7.00. The molecule has 3 fully saturated rings. The number of benzene rings is 2. The number of aliphatic imine (C=N–C) groups is 1. The lowest BCUT2D eigenvalue weighted by molar-refractivity contribution is -0.141. The highest BCUT2D eigenvalue weighted by Crippen LogP contribution is 2.44. The molecule has 0 aliphatic carbocycles. The summed E-state index contributed by atoms with van der Waals surface area (Å²) in [7, 11) is 5.05. The zero-order valence-electron chi connectivity index (χ0n) is 50.1. The van der Waals surface area contributed by atoms with E-state index in [1.54, 1.807) is 54.8 Å². The number of amides is 2. The van der Waals surface area contributed by atoms with Gasteiger partial charge in [-0.25, -0.2) is 14.1 Å². The van der Waals surface area contributed by atoms with E-state index in [1.165, 1.54) is 12.1 Å². The van der Waals surface area contributed by atoms with Crippen LogP contribution in [0.15, 0.2) is 59.7 Å². The van der Waals surface area contributed by atoms with Crippen molar-refractivity contribution in [1.29, 1.82) is 0 Å². The number of fused-ring (bicyclic) bond motifs is 8. The van der Waals surface area contributed by atoms with Gasteiger partial charge in [0.15, 0.2) is 5.78 Å². The normalized spacial score (nSPS) is 19.9. The average molecular weight is 1190 g/mol. The maximum absolute atomic E-state index is 14.7. The van der Waals surface area contributed by atoms with Gasteiger partial charge >= 0.3 is 0 Å². The summed E-state index contributed by atoms with van der Waals surface area (Å²) in [6.07, 6.45) is 7.84. The Labute approximate surface area is 503 Å². The number of hydrogen-bond acceptors (Lipinski definition) is 18. The first-order chi connectivity index (χ1) is 41.2. The van der Waals surface area contributed by atoms with Crippen LogP contribution in [0.2, 0.25) is 0 Å². The second kappa shape index (κ2) is 30.5. The van der Waals surface area contributed by atoms with Crippen LogP contribution in [0.3, 0.4) is 0 Å². The molecule has 1 unspecified atom stereocenters. The minimum Gasteiger partial charge on any atom is -0.481 e. The van der Waals surface area contributed by atoms with Gasteiger partial charge in [-0.3, -0.25) is 29.0 Å². The van der Waals surface area contributed by atoms with Gasteiger partial charge in [-0.2, -0.15) is 5.10 Å². The maximum atomic E-state index is 14.7. The molecule has 3 saturated heterocycles. The van der Waals surface area contributed by atoms with Crippen molar-refractivity contribution < 1.29 is 52.0 Å². The van der Waals surface area contributed by atoms with E-state index in [9.17, 15) is 28.4 Å². The number of carbonyl (C=O) groups is 5. The van der Waals surface area contributed by atoms with Crippen molar-refractivity contribution in [2.75, 3.05) is 123 Å². The van der Waals surface area contributed by atoms with Crippen LogP contribution in [-0.2, 0) is 46.4 Å². The average Bonchev–Trinajstić information content (AvgIpc) is 4.29. The molecule has 5 aliphatic rings. The van der Waals surface area contributed by atoms with Gasteiger partial charge in [-0.05, 0) is 115 Å². The lowest BCUT2D eigenvalue weighted by Gasteiger charge is -2.38. The monoisotopic (exact) mass is 1190 g/mol. The fraction of sp³-hybridized carbons (Fsp3) is 0.587. The summed E-state index contributed by atoms with van der Waals surface area (Å²) >= 11 is 1.59. The topological polar surface area (TPSA) is 226 Å². The number of methoxy groups -OCH3 is 1. The van der Waals surface area contributed by atoms with Crippen LogP contribution >= 0.6 is 11.8 Å². The largest absolute Gasteiger partial charge is 0.481 e. The van der Waals surface area contributed by atoms with Crippen molar-refractivity contribution in [2.24, 2.45) is 16.8 Å². The highest BCUT2D eigenvalue weighted by molar-refractivity contribution is 8.14. The SMILES string of the molecule is CN[C@H](C)C(=O)C[C@@H](C(=O)N1CCC[C@@H]1C1=NC(C(=O)c2ccc(C)cc2)CS1)C1CCN(CCOCCOCCOCCOCCC(=O)CCCn2nc3c(c2OC)-c2cnc(N)c(c2)N2CCC[C@@H]2c2cc(F)ccc2C(=O)N(C)C3)CC1. The number of aromatic nitrogens is 3. The van der Waals surface area contributed by atoms with Gasteiger partial charge in [0.2, 0.25) is 11.8 Å². The van der Waals surface area contributed by atoms with E-state index >= 15 is 0 Å². The summed E-state index contributed by atoms with van der Waals surface area (Å²) in [6, 6.07) is 12.7. The standard InChI is InChI=1S/C63H85FN10O10S/c1-41-12-14-44(15-13-41)58(77)52-40-85-60(68-52)54-11-8-22-73(54)62(79)49(37-56(76)42(2)66-3)43-18-24-71(25-19-43)26-28-82-30-32-84-34-33-83-31-29-81-27-20-47(75)9-6-23-74-63(80-5)57-45-35-55(59(65)67-38-45)72-21-7-10-53(72)50-36-46(64)16-17-48(50)61(78)70(4)39-51(57)69-74/h12-17,35-36,38,42-43,49,52-54,66H,6-11,18-34,37,39-40H2,1-5H3,(H2,65,67)/t42-,49-,52?,53-,54-/m1/s1. The van der Waals surface area contributed by atoms with E-state index in [0.717, 1.165) is 74.3 Å². The van der Waals surface area contributed by atoms with E-state index in [0.29, 0.717) is 130 Å². The third kappa shape index (κ3) is 15.9. The molecule has 85 heavy (non-hydrogen) atoms. The molecule has 2 aromatic carbocycles. The van der Waals surface area contributed by atoms with Crippen molar-refractivity contribution >= 4 is 57.5 Å². The number of ether oxygens (including phenoxy) is 5. The Morgan fingerprint density at radius 1 is 0.847 bits per heavy atom. The number of anilines is 2. The fourth-order valence-corrected chi connectivity index (χ4v) is 13.6. The number of ketones is 3. The second-order valence-electron chi connectivity index (χ2n) is 22.9. The van der Waals surface area contributed by atoms with Crippen LogP contribution in [0, 0.1) is 24.6 Å². The van der Waals surface area contributed by atoms with Crippen LogP contribution in [0.5, 0.6) is 5.88 Å². The first-order valence-electron chi connectivity index (χ1n) is 30.3. The van der Waals surface area contributed by atoms with Gasteiger partial charge in [0, 0.05) is 87.0 Å². The number of piperidine rings is 1. The van der Waals surface area contributed by atoms with Crippen LogP contribution in [0.1, 0.15) is 115 Å². The number of rotatable bonds is 29. The van der Waals surface area contributed by atoms with Gasteiger partial charge in [0.1, 0.15) is 29.2 Å². The van der Waals surface area contributed by atoms with Crippen molar-refractivity contribution in [3.8, 4) is 17.0 Å². The molecule has 22 heteroatoms. The number of thioether (sulfide) groups is 1. The smallest absolute Gasteiger partial charge is 0.254 e. The number of halogens is 1. The zero-order valence-corrected chi connectivity index (χ0v) is 50.9. The zero-order chi connectivity index (χ0) is 60.0. The molecule has 5 atom stereocenters. The van der Waals surface area contributed by atoms with Crippen LogP contribution in [0.25, 0.3) is 11.1 Å². The molecule has 2 aromatic heterocycles. The van der Waals surface area contributed by atoms with E-state index in [4.69, 9.17) is 39.5 Å². The minimum absolute atomic E-state index is 0.0101. The number of nitrogens with zero attached hydrogens (tertiary/aromatic N) is 8. The lowest BCUT2D eigenvalue weighted by atomic mass is 9.79. The van der Waals surface area contributed by atoms with Crippen molar-refractivity contribution in [3.63, 3.8) is 0 Å². The highest BCUT2D eigenvalue weighted by Gasteiger charge is 2.43.